The van der Waals surface area contributed by atoms with Crippen LogP contribution in [0.2, 0.25) is 5.02 Å². The van der Waals surface area contributed by atoms with Gasteiger partial charge in [-0.1, -0.05) is 17.7 Å². The normalized spacial score (nSPS) is 11.4. The van der Waals surface area contributed by atoms with Crippen molar-refractivity contribution in [2.24, 2.45) is 0 Å². The van der Waals surface area contributed by atoms with E-state index in [9.17, 15) is 8.42 Å². The highest BCUT2D eigenvalue weighted by molar-refractivity contribution is 9.10. The van der Waals surface area contributed by atoms with Gasteiger partial charge in [0.2, 0.25) is 0 Å². The monoisotopic (exact) mass is 412 g/mol. The molecule has 3 rings (SSSR count). The molecule has 0 aliphatic heterocycles. The largest absolute Gasteiger partial charge is 0.291 e. The molecule has 0 amide bonds. The molecule has 6 nitrogen and oxygen atoms in total. The fourth-order valence-corrected chi connectivity index (χ4v) is 3.97. The lowest BCUT2D eigenvalue weighted by Gasteiger charge is -2.10. The second-order valence-electron chi connectivity index (χ2n) is 4.53. The number of pyridine rings is 1. The number of rotatable bonds is 4. The molecule has 0 aliphatic rings. The summed E-state index contributed by atoms with van der Waals surface area (Å²) in [6, 6.07) is 8.00. The maximum absolute atomic E-state index is 12.4. The molecule has 118 valence electrons. The van der Waals surface area contributed by atoms with Crippen molar-refractivity contribution in [1.82, 2.24) is 14.5 Å². The van der Waals surface area contributed by atoms with E-state index in [1.165, 1.54) is 12.3 Å². The molecule has 0 aliphatic carbocycles. The first-order valence-electron chi connectivity index (χ1n) is 6.38. The molecule has 2 aromatic heterocycles. The summed E-state index contributed by atoms with van der Waals surface area (Å²) >= 11 is 9.26. The second kappa shape index (κ2) is 6.31. The van der Waals surface area contributed by atoms with E-state index in [4.69, 9.17) is 11.6 Å². The summed E-state index contributed by atoms with van der Waals surface area (Å²) in [5.74, 6) is 0.630. The zero-order chi connectivity index (χ0) is 16.4. The Morgan fingerprint density at radius 2 is 2.04 bits per heavy atom. The molecule has 0 fully saturated rings. The molecule has 0 bridgehead atoms. The highest BCUT2D eigenvalue weighted by Gasteiger charge is 2.19. The fraction of sp³-hybridized carbons (Fsp3) is 0. The van der Waals surface area contributed by atoms with Gasteiger partial charge in [-0.05, 0) is 40.2 Å². The summed E-state index contributed by atoms with van der Waals surface area (Å²) in [5, 5.41) is 0.128. The Kier molecular flexibility index (Phi) is 4.38. The summed E-state index contributed by atoms with van der Waals surface area (Å²) in [7, 11) is -3.80. The fourth-order valence-electron chi connectivity index (χ4n) is 1.90. The lowest BCUT2D eigenvalue weighted by atomic mass is 10.4. The van der Waals surface area contributed by atoms with Gasteiger partial charge >= 0.3 is 0 Å². The SMILES string of the molecule is O=S(=O)(Nc1ccc(-n2ccnc2)nc1)c1cccc(Br)c1Cl. The number of nitrogens with zero attached hydrogens (tertiary/aromatic N) is 3. The predicted molar refractivity (Wildman–Crippen MR) is 91.3 cm³/mol. The molecule has 0 radical (unpaired) electrons. The number of hydrogen-bond donors (Lipinski definition) is 1. The van der Waals surface area contributed by atoms with Gasteiger partial charge in [-0.25, -0.2) is 18.4 Å². The van der Waals surface area contributed by atoms with Crippen molar-refractivity contribution in [1.29, 1.82) is 0 Å². The van der Waals surface area contributed by atoms with Crippen molar-refractivity contribution in [3.63, 3.8) is 0 Å². The number of anilines is 1. The predicted octanol–water partition coefficient (Wildman–Crippen LogP) is 3.48. The van der Waals surface area contributed by atoms with E-state index in [1.807, 2.05) is 0 Å². The van der Waals surface area contributed by atoms with Crippen molar-refractivity contribution in [3.05, 3.63) is 64.7 Å². The molecule has 1 N–H and O–H groups in total. The van der Waals surface area contributed by atoms with Crippen molar-refractivity contribution < 1.29 is 8.42 Å². The van der Waals surface area contributed by atoms with Crippen LogP contribution in [0.1, 0.15) is 0 Å². The lowest BCUT2D eigenvalue weighted by Crippen LogP contribution is -2.14. The van der Waals surface area contributed by atoms with Gasteiger partial charge in [-0.3, -0.25) is 9.29 Å². The molecular weight excluding hydrogens is 404 g/mol. The van der Waals surface area contributed by atoms with Gasteiger partial charge in [0, 0.05) is 16.9 Å². The van der Waals surface area contributed by atoms with E-state index in [2.05, 4.69) is 30.6 Å². The van der Waals surface area contributed by atoms with Crippen LogP contribution in [0, 0.1) is 0 Å². The van der Waals surface area contributed by atoms with Gasteiger partial charge in [-0.2, -0.15) is 0 Å². The molecule has 9 heteroatoms. The molecule has 23 heavy (non-hydrogen) atoms. The molecule has 0 saturated heterocycles. The highest BCUT2D eigenvalue weighted by atomic mass is 79.9. The van der Waals surface area contributed by atoms with Crippen LogP contribution >= 0.6 is 27.5 Å². The molecule has 2 heterocycles. The minimum absolute atomic E-state index is 0.00720. The van der Waals surface area contributed by atoms with Crippen molar-refractivity contribution in [3.8, 4) is 5.82 Å². The Morgan fingerprint density at radius 1 is 1.22 bits per heavy atom. The highest BCUT2D eigenvalue weighted by Crippen LogP contribution is 2.30. The molecule has 0 saturated carbocycles. The molecular formula is C14H10BrClN4O2S. The summed E-state index contributed by atoms with van der Waals surface area (Å²) in [5.41, 5.74) is 0.338. The van der Waals surface area contributed by atoms with Crippen LogP contribution in [0.25, 0.3) is 5.82 Å². The van der Waals surface area contributed by atoms with Crippen LogP contribution in [0.3, 0.4) is 0 Å². The Bertz CT molecular complexity index is 928. The van der Waals surface area contributed by atoms with Crippen LogP contribution in [-0.2, 0) is 10.0 Å². The number of sulfonamides is 1. The molecule has 1 aromatic carbocycles. The average molecular weight is 414 g/mol. The zero-order valence-corrected chi connectivity index (χ0v) is 14.7. The van der Waals surface area contributed by atoms with Gasteiger partial charge in [0.05, 0.1) is 16.9 Å². The Labute approximate surface area is 146 Å². The maximum Gasteiger partial charge on any atom is 0.263 e. The zero-order valence-electron chi connectivity index (χ0n) is 11.5. The number of imidazole rings is 1. The first-order valence-corrected chi connectivity index (χ1v) is 9.04. The Morgan fingerprint density at radius 3 is 2.70 bits per heavy atom. The summed E-state index contributed by atoms with van der Waals surface area (Å²) < 4.78 is 29.5. The number of benzene rings is 1. The van der Waals surface area contributed by atoms with Crippen LogP contribution in [0.15, 0.2) is 64.6 Å². The molecule has 0 spiro atoms. The van der Waals surface area contributed by atoms with E-state index in [1.54, 1.807) is 47.6 Å². The summed E-state index contributed by atoms with van der Waals surface area (Å²) in [4.78, 5) is 8.12. The number of aromatic nitrogens is 3. The quantitative estimate of drug-likeness (QED) is 0.710. The van der Waals surface area contributed by atoms with E-state index in [0.717, 1.165) is 0 Å². The van der Waals surface area contributed by atoms with Crippen LogP contribution < -0.4 is 4.72 Å². The summed E-state index contributed by atoms with van der Waals surface area (Å²) in [6.07, 6.45) is 6.41. The molecule has 0 atom stereocenters. The third-order valence-electron chi connectivity index (χ3n) is 2.97. The van der Waals surface area contributed by atoms with Gasteiger partial charge in [0.25, 0.3) is 10.0 Å². The number of hydrogen-bond acceptors (Lipinski definition) is 4. The smallest absolute Gasteiger partial charge is 0.263 e. The third-order valence-corrected chi connectivity index (χ3v) is 5.81. The third kappa shape index (κ3) is 3.39. The maximum atomic E-state index is 12.4. The van der Waals surface area contributed by atoms with E-state index in [-0.39, 0.29) is 9.92 Å². The van der Waals surface area contributed by atoms with Gasteiger partial charge in [-0.15, -0.1) is 0 Å². The number of halogens is 2. The van der Waals surface area contributed by atoms with E-state index >= 15 is 0 Å². The van der Waals surface area contributed by atoms with Crippen LogP contribution in [-0.4, -0.2) is 23.0 Å². The number of nitrogens with one attached hydrogen (secondary N) is 1. The Hall–Kier alpha value is -1.90. The molecule has 3 aromatic rings. The first kappa shape index (κ1) is 16.0. The average Bonchev–Trinajstić information content (AvgIpc) is 3.04. The topological polar surface area (TPSA) is 76.9 Å². The minimum atomic E-state index is -3.80. The van der Waals surface area contributed by atoms with Gasteiger partial charge < -0.3 is 0 Å². The second-order valence-corrected chi connectivity index (χ2v) is 7.42. The van der Waals surface area contributed by atoms with Crippen LogP contribution in [0.4, 0.5) is 5.69 Å². The van der Waals surface area contributed by atoms with Gasteiger partial charge in [0.1, 0.15) is 17.0 Å². The standard InChI is InChI=1S/C14H10BrClN4O2S/c15-11-2-1-3-12(14(11)16)23(21,22)19-10-4-5-13(18-8-10)20-7-6-17-9-20/h1-9,19H. The Balaban J connectivity index is 1.87. The summed E-state index contributed by atoms with van der Waals surface area (Å²) in [6.45, 7) is 0. The van der Waals surface area contributed by atoms with Crippen molar-refractivity contribution >= 4 is 43.2 Å². The lowest BCUT2D eigenvalue weighted by molar-refractivity contribution is 0.601. The molecule has 0 unspecified atom stereocenters. The van der Waals surface area contributed by atoms with Crippen molar-refractivity contribution in [2.45, 2.75) is 4.90 Å². The van der Waals surface area contributed by atoms with E-state index in [0.29, 0.717) is 16.0 Å². The van der Waals surface area contributed by atoms with Crippen molar-refractivity contribution in [2.75, 3.05) is 4.72 Å². The van der Waals surface area contributed by atoms with E-state index < -0.39 is 10.0 Å². The van der Waals surface area contributed by atoms with Crippen LogP contribution in [0.5, 0.6) is 0 Å². The minimum Gasteiger partial charge on any atom is -0.291 e. The van der Waals surface area contributed by atoms with Gasteiger partial charge in [0.15, 0.2) is 0 Å². The first-order chi connectivity index (χ1) is 11.0.